The second-order valence-electron chi connectivity index (χ2n) is 8.51. The number of halogens is 1. The normalized spacial score (nSPS) is 18.4. The van der Waals surface area contributed by atoms with Crippen molar-refractivity contribution < 1.29 is 17.5 Å². The summed E-state index contributed by atoms with van der Waals surface area (Å²) in [5, 5.41) is 8.01. The number of aryl methyl sites for hydroxylation is 1. The highest BCUT2D eigenvalue weighted by Gasteiger charge is 2.42. The molecular formula is C23H24FN3O3S. The van der Waals surface area contributed by atoms with Crippen molar-refractivity contribution in [1.29, 1.82) is 0 Å². The van der Waals surface area contributed by atoms with E-state index in [1.54, 1.807) is 12.1 Å². The monoisotopic (exact) mass is 441 g/mol. The molecule has 1 aromatic heterocycles. The summed E-state index contributed by atoms with van der Waals surface area (Å²) in [6.45, 7) is 4.56. The average Bonchev–Trinajstić information content (AvgIpc) is 3.16. The molecule has 1 saturated heterocycles. The fourth-order valence-electron chi connectivity index (χ4n) is 4.44. The van der Waals surface area contributed by atoms with E-state index in [0.717, 1.165) is 16.8 Å². The van der Waals surface area contributed by atoms with Crippen molar-refractivity contribution in [2.75, 3.05) is 18.1 Å². The van der Waals surface area contributed by atoms with Gasteiger partial charge in [0.1, 0.15) is 5.82 Å². The highest BCUT2D eigenvalue weighted by molar-refractivity contribution is 7.92. The molecule has 2 aliphatic rings. The first-order valence-corrected chi connectivity index (χ1v) is 11.8. The van der Waals surface area contributed by atoms with Crippen LogP contribution in [0.2, 0.25) is 0 Å². The molecule has 3 heterocycles. The number of aromatic amines is 1. The molecule has 5 rings (SSSR count). The first-order valence-electron chi connectivity index (χ1n) is 10.4. The van der Waals surface area contributed by atoms with Gasteiger partial charge in [-0.05, 0) is 74.6 Å². The lowest BCUT2D eigenvalue weighted by Crippen LogP contribution is -2.41. The van der Waals surface area contributed by atoms with Gasteiger partial charge in [0.25, 0.3) is 0 Å². The molecule has 31 heavy (non-hydrogen) atoms. The van der Waals surface area contributed by atoms with E-state index in [0.29, 0.717) is 54.1 Å². The number of benzene rings is 2. The zero-order valence-electron chi connectivity index (χ0n) is 17.5. The number of aromatic nitrogens is 2. The Kier molecular flexibility index (Phi) is 4.67. The van der Waals surface area contributed by atoms with Crippen LogP contribution in [0.4, 0.5) is 15.9 Å². The summed E-state index contributed by atoms with van der Waals surface area (Å²) >= 11 is 0. The number of H-pyrrole nitrogens is 1. The maximum absolute atomic E-state index is 13.9. The van der Waals surface area contributed by atoms with Crippen LogP contribution in [0.15, 0.2) is 47.5 Å². The van der Waals surface area contributed by atoms with E-state index in [9.17, 15) is 12.8 Å². The van der Waals surface area contributed by atoms with Crippen molar-refractivity contribution in [1.82, 2.24) is 10.2 Å². The molecule has 0 atom stereocenters. The Morgan fingerprint density at radius 3 is 2.74 bits per heavy atom. The van der Waals surface area contributed by atoms with Crippen LogP contribution in [-0.2, 0) is 21.0 Å². The van der Waals surface area contributed by atoms with Crippen molar-refractivity contribution in [2.24, 2.45) is 0 Å². The van der Waals surface area contributed by atoms with Crippen LogP contribution in [0.1, 0.15) is 30.9 Å². The Morgan fingerprint density at radius 1 is 1.19 bits per heavy atom. The lowest BCUT2D eigenvalue weighted by molar-refractivity contribution is 0.0789. The molecule has 162 valence electrons. The Morgan fingerprint density at radius 2 is 1.97 bits per heavy atom. The highest BCUT2D eigenvalue weighted by atomic mass is 32.2. The second kappa shape index (κ2) is 7.17. The molecule has 0 aliphatic carbocycles. The van der Waals surface area contributed by atoms with E-state index in [1.807, 2.05) is 37.1 Å². The Balaban J connectivity index is 1.61. The third-order valence-electron chi connectivity index (χ3n) is 6.45. The maximum atomic E-state index is 13.9. The van der Waals surface area contributed by atoms with Gasteiger partial charge >= 0.3 is 0 Å². The zero-order chi connectivity index (χ0) is 21.8. The summed E-state index contributed by atoms with van der Waals surface area (Å²) in [7, 11) is -3.53. The predicted octanol–water partition coefficient (Wildman–Crippen LogP) is 4.56. The summed E-state index contributed by atoms with van der Waals surface area (Å²) in [5.41, 5.74) is 3.18. The van der Waals surface area contributed by atoms with Crippen LogP contribution in [0.25, 0.3) is 10.9 Å². The third-order valence-corrected chi connectivity index (χ3v) is 9.17. The molecule has 0 bridgehead atoms. The molecule has 0 amide bonds. The van der Waals surface area contributed by atoms with Crippen LogP contribution < -0.4 is 4.90 Å². The molecule has 1 fully saturated rings. The molecule has 2 aromatic carbocycles. The smallest absolute Gasteiger partial charge is 0.184 e. The quantitative estimate of drug-likeness (QED) is 0.645. The molecule has 0 unspecified atom stereocenters. The number of anilines is 2. The van der Waals surface area contributed by atoms with E-state index in [4.69, 9.17) is 4.74 Å². The van der Waals surface area contributed by atoms with Crippen molar-refractivity contribution >= 4 is 32.2 Å². The van der Waals surface area contributed by atoms with Gasteiger partial charge in [0.05, 0.1) is 20.8 Å². The average molecular weight is 442 g/mol. The van der Waals surface area contributed by atoms with Crippen LogP contribution in [0, 0.1) is 12.7 Å². The molecule has 0 spiro atoms. The number of ether oxygens (including phenoxy) is 1. The molecular weight excluding hydrogens is 417 g/mol. The van der Waals surface area contributed by atoms with Crippen molar-refractivity contribution in [3.05, 3.63) is 59.6 Å². The molecule has 0 radical (unpaired) electrons. The lowest BCUT2D eigenvalue weighted by Gasteiger charge is -2.34. The number of nitrogens with one attached hydrogen (secondary N) is 1. The molecule has 2 aliphatic heterocycles. The maximum Gasteiger partial charge on any atom is 0.184 e. The van der Waals surface area contributed by atoms with Crippen molar-refractivity contribution in [3.63, 3.8) is 0 Å². The summed E-state index contributed by atoms with van der Waals surface area (Å²) in [5.74, 6) is 0.247. The van der Waals surface area contributed by atoms with Crippen LogP contribution in [-0.4, -0.2) is 36.6 Å². The number of allylic oxidation sites excluding steroid dienone is 1. The van der Waals surface area contributed by atoms with Gasteiger partial charge in [-0.2, -0.15) is 5.10 Å². The van der Waals surface area contributed by atoms with Crippen LogP contribution >= 0.6 is 0 Å². The fraction of sp³-hybridized carbons (Fsp3) is 0.348. The van der Waals surface area contributed by atoms with Crippen LogP contribution in [0.5, 0.6) is 0 Å². The van der Waals surface area contributed by atoms with Crippen LogP contribution in [0.3, 0.4) is 0 Å². The molecule has 0 saturated carbocycles. The van der Waals surface area contributed by atoms with E-state index < -0.39 is 14.6 Å². The summed E-state index contributed by atoms with van der Waals surface area (Å²) in [4.78, 5) is 2.26. The van der Waals surface area contributed by atoms with Gasteiger partial charge in [0.2, 0.25) is 0 Å². The van der Waals surface area contributed by atoms with Gasteiger partial charge in [0, 0.05) is 24.8 Å². The SMILES string of the molecule is Cc1cc2c(cc1S(=O)(=O)C1(C)CCOCC1)CC=CN2c1n[nH]c2ccc(F)cc12. The van der Waals surface area contributed by atoms with Gasteiger partial charge in [-0.15, -0.1) is 0 Å². The standard InChI is InChI=1S/C23H24FN3O3S/c1-15-12-20-16(13-21(15)31(28,29)23(2)7-10-30-11-8-23)4-3-9-27(20)22-18-14-17(24)5-6-19(18)25-26-22/h3,5-6,9,12-14H,4,7-8,10-11H2,1-2H3,(H,25,26). The number of sulfone groups is 1. The number of hydrogen-bond donors (Lipinski definition) is 1. The molecule has 6 nitrogen and oxygen atoms in total. The lowest BCUT2D eigenvalue weighted by atomic mass is 10.0. The van der Waals surface area contributed by atoms with Gasteiger partial charge in [-0.1, -0.05) is 6.08 Å². The van der Waals surface area contributed by atoms with Crippen molar-refractivity contribution in [3.8, 4) is 0 Å². The summed E-state index contributed by atoms with van der Waals surface area (Å²) in [6, 6.07) is 8.20. The van der Waals surface area contributed by atoms with Gasteiger partial charge in [0.15, 0.2) is 15.7 Å². The topological polar surface area (TPSA) is 75.3 Å². The number of fused-ring (bicyclic) bond motifs is 2. The number of hydrogen-bond acceptors (Lipinski definition) is 5. The first-order chi connectivity index (χ1) is 14.8. The largest absolute Gasteiger partial charge is 0.381 e. The third kappa shape index (κ3) is 3.16. The first kappa shape index (κ1) is 20.2. The van der Waals surface area contributed by atoms with Gasteiger partial charge < -0.3 is 4.74 Å². The molecule has 3 aromatic rings. The minimum atomic E-state index is -3.53. The highest BCUT2D eigenvalue weighted by Crippen LogP contribution is 2.41. The van der Waals surface area contributed by atoms with E-state index in [1.165, 1.54) is 12.1 Å². The Bertz CT molecular complexity index is 1310. The Hall–Kier alpha value is -2.71. The van der Waals surface area contributed by atoms with Gasteiger partial charge in [-0.3, -0.25) is 10.00 Å². The number of rotatable bonds is 3. The molecule has 8 heteroatoms. The Labute approximate surface area is 180 Å². The minimum Gasteiger partial charge on any atom is -0.381 e. The van der Waals surface area contributed by atoms with E-state index in [2.05, 4.69) is 10.2 Å². The van der Waals surface area contributed by atoms with Crippen molar-refractivity contribution in [2.45, 2.75) is 42.8 Å². The van der Waals surface area contributed by atoms with E-state index in [-0.39, 0.29) is 5.82 Å². The zero-order valence-corrected chi connectivity index (χ0v) is 18.3. The fourth-order valence-corrected chi connectivity index (χ4v) is 6.45. The molecule has 1 N–H and O–H groups in total. The number of nitrogens with zero attached hydrogens (tertiary/aromatic N) is 2. The predicted molar refractivity (Wildman–Crippen MR) is 118 cm³/mol. The minimum absolute atomic E-state index is 0.335. The summed E-state index contributed by atoms with van der Waals surface area (Å²) in [6.07, 6.45) is 5.46. The summed E-state index contributed by atoms with van der Waals surface area (Å²) < 4.78 is 45.6. The van der Waals surface area contributed by atoms with Gasteiger partial charge in [-0.25, -0.2) is 12.8 Å². The second-order valence-corrected chi connectivity index (χ2v) is 10.9. The van der Waals surface area contributed by atoms with E-state index >= 15 is 0 Å².